The van der Waals surface area contributed by atoms with Crippen LogP contribution in [0.4, 0.5) is 4.79 Å². The van der Waals surface area contributed by atoms with Gasteiger partial charge in [0, 0.05) is 12.0 Å². The van der Waals surface area contributed by atoms with E-state index in [0.717, 1.165) is 22.9 Å². The lowest BCUT2D eigenvalue weighted by Gasteiger charge is -2.09. The van der Waals surface area contributed by atoms with E-state index in [1.165, 1.54) is 0 Å². The van der Waals surface area contributed by atoms with Gasteiger partial charge in [-0.15, -0.1) is 0 Å². The van der Waals surface area contributed by atoms with Crippen molar-refractivity contribution in [2.45, 2.75) is 6.42 Å². The van der Waals surface area contributed by atoms with Gasteiger partial charge in [-0.3, -0.25) is 14.9 Å². The maximum Gasteiger partial charge on any atom is 0.286 e. The summed E-state index contributed by atoms with van der Waals surface area (Å²) in [5.74, 6) is 0.105. The van der Waals surface area contributed by atoms with Gasteiger partial charge in [0.15, 0.2) is 0 Å². The van der Waals surface area contributed by atoms with E-state index in [4.69, 9.17) is 0 Å². The van der Waals surface area contributed by atoms with Crippen molar-refractivity contribution in [3.05, 3.63) is 41.5 Å². The van der Waals surface area contributed by atoms with Gasteiger partial charge in [-0.05, 0) is 5.56 Å². The van der Waals surface area contributed by atoms with Crippen LogP contribution < -0.4 is 5.32 Å². The summed E-state index contributed by atoms with van der Waals surface area (Å²) in [6, 6.07) is 7.51. The quantitative estimate of drug-likeness (QED) is 0.734. The summed E-state index contributed by atoms with van der Waals surface area (Å²) in [6.07, 6.45) is 4.33. The molecule has 104 valence electrons. The third-order valence-corrected chi connectivity index (χ3v) is 4.20. The molecule has 2 amide bonds. The first-order chi connectivity index (χ1) is 9.58. The lowest BCUT2D eigenvalue weighted by molar-refractivity contribution is -0.117. The Morgan fingerprint density at radius 2 is 1.90 bits per heavy atom. The monoisotopic (exact) mass is 309 g/mol. The number of thioether (sulfide) groups is 1. The van der Waals surface area contributed by atoms with Crippen LogP contribution >= 0.6 is 11.8 Å². The van der Waals surface area contributed by atoms with Crippen LogP contribution in [0.3, 0.4) is 0 Å². The van der Waals surface area contributed by atoms with E-state index in [0.29, 0.717) is 17.0 Å². The van der Waals surface area contributed by atoms with Gasteiger partial charge in [0.05, 0.1) is 10.6 Å². The minimum Gasteiger partial charge on any atom is -0.286 e. The van der Waals surface area contributed by atoms with Crippen molar-refractivity contribution in [3.63, 3.8) is 0 Å². The number of carbonyl (C=O) groups is 2. The van der Waals surface area contributed by atoms with E-state index in [1.54, 1.807) is 0 Å². The molecular formula is C13H11NO4S2. The molecule has 3 rings (SSSR count). The molecule has 0 saturated carbocycles. The topological polar surface area (TPSA) is 80.3 Å². The number of hydrogen-bond donors (Lipinski definition) is 1. The van der Waals surface area contributed by atoms with Gasteiger partial charge < -0.3 is 0 Å². The molecule has 0 unspecified atom stereocenters. The molecule has 1 aliphatic carbocycles. The van der Waals surface area contributed by atoms with Gasteiger partial charge in [-0.25, -0.2) is 0 Å². The Labute approximate surface area is 121 Å². The molecule has 7 heteroatoms. The molecule has 5 nitrogen and oxygen atoms in total. The fraction of sp³-hybridized carbons (Fsp3) is 0.154. The number of carbonyl (C=O) groups excluding carboxylic acids is 2. The maximum absolute atomic E-state index is 10.8. The van der Waals surface area contributed by atoms with E-state index < -0.39 is 10.3 Å². The molecule has 1 N–H and O–H groups in total. The lowest BCUT2D eigenvalue weighted by atomic mass is 9.98. The van der Waals surface area contributed by atoms with Gasteiger partial charge >= 0.3 is 0 Å². The van der Waals surface area contributed by atoms with E-state index in [-0.39, 0.29) is 11.1 Å². The van der Waals surface area contributed by atoms with Gasteiger partial charge in [-0.2, -0.15) is 8.42 Å². The predicted octanol–water partition coefficient (Wildman–Crippen LogP) is 1.47. The molecular weight excluding hydrogens is 298 g/mol. The van der Waals surface area contributed by atoms with E-state index >= 15 is 0 Å². The van der Waals surface area contributed by atoms with Gasteiger partial charge in [0.1, 0.15) is 0 Å². The molecule has 20 heavy (non-hydrogen) atoms. The predicted molar refractivity (Wildman–Crippen MR) is 79.1 cm³/mol. The minimum atomic E-state index is -2.10. The first kappa shape index (κ1) is 14.5. The molecule has 0 aromatic heterocycles. The first-order valence-corrected chi connectivity index (χ1v) is 7.81. The van der Waals surface area contributed by atoms with Crippen LogP contribution in [0.1, 0.15) is 17.5 Å². The fourth-order valence-corrected chi connectivity index (χ4v) is 2.89. The van der Waals surface area contributed by atoms with Crippen molar-refractivity contribution >= 4 is 44.1 Å². The van der Waals surface area contributed by atoms with Gasteiger partial charge in [0.2, 0.25) is 16.2 Å². The van der Waals surface area contributed by atoms with Crippen LogP contribution in [0.25, 0.3) is 6.08 Å². The van der Waals surface area contributed by atoms with Crippen LogP contribution in [0.15, 0.2) is 30.3 Å². The van der Waals surface area contributed by atoms with E-state index in [9.17, 15) is 18.0 Å². The first-order valence-electron chi connectivity index (χ1n) is 5.75. The van der Waals surface area contributed by atoms with Gasteiger partial charge in [-0.1, -0.05) is 48.2 Å². The molecule has 1 aromatic carbocycles. The second-order valence-electron chi connectivity index (χ2n) is 3.98. The van der Waals surface area contributed by atoms with Crippen LogP contribution in [-0.2, 0) is 15.1 Å². The van der Waals surface area contributed by atoms with Crippen LogP contribution in [0.2, 0.25) is 0 Å². The highest BCUT2D eigenvalue weighted by Crippen LogP contribution is 2.18. The summed E-state index contributed by atoms with van der Waals surface area (Å²) in [6.45, 7) is 0. The smallest absolute Gasteiger partial charge is 0.286 e. The van der Waals surface area contributed by atoms with E-state index in [2.05, 4.69) is 5.32 Å². The standard InChI is InChI=1S/C10H8O2S.C3H3NO2S/c11-13(12)10-7-3-5-8-4-1-2-6-9(8)10;5-2-1-7-3(6)4-2/h1-6H,7H2;1H2,(H,4,5,6). The Bertz CT molecular complexity index is 698. The molecule has 1 aromatic rings. The Morgan fingerprint density at radius 1 is 1.15 bits per heavy atom. The molecule has 1 heterocycles. The van der Waals surface area contributed by atoms with Crippen molar-refractivity contribution in [2.75, 3.05) is 5.75 Å². The average Bonchev–Trinajstić information content (AvgIpc) is 2.82. The minimum absolute atomic E-state index is 0.185. The number of amides is 2. The molecule has 0 spiro atoms. The molecule has 0 bridgehead atoms. The molecule has 1 aliphatic heterocycles. The Kier molecular flexibility index (Phi) is 4.75. The summed E-state index contributed by atoms with van der Waals surface area (Å²) < 4.78 is 21.7. The second-order valence-corrected chi connectivity index (χ2v) is 5.89. The van der Waals surface area contributed by atoms with Crippen molar-refractivity contribution in [1.29, 1.82) is 0 Å². The maximum atomic E-state index is 10.8. The number of benzene rings is 1. The summed E-state index contributed by atoms with van der Waals surface area (Å²) in [5, 5.41) is 1.87. The van der Waals surface area contributed by atoms with Crippen molar-refractivity contribution in [3.8, 4) is 0 Å². The highest BCUT2D eigenvalue weighted by molar-refractivity contribution is 8.14. The third-order valence-electron chi connectivity index (χ3n) is 2.64. The number of nitrogens with one attached hydrogen (secondary N) is 1. The van der Waals surface area contributed by atoms with Gasteiger partial charge in [0.25, 0.3) is 5.24 Å². The summed E-state index contributed by atoms with van der Waals surface area (Å²) in [4.78, 5) is 20.7. The zero-order chi connectivity index (χ0) is 14.5. The normalized spacial score (nSPS) is 16.1. The summed E-state index contributed by atoms with van der Waals surface area (Å²) in [5.41, 5.74) is 1.81. The highest BCUT2D eigenvalue weighted by atomic mass is 32.2. The summed E-state index contributed by atoms with van der Waals surface area (Å²) >= 11 is 1.01. The van der Waals surface area contributed by atoms with Crippen molar-refractivity contribution < 1.29 is 18.0 Å². The zero-order valence-corrected chi connectivity index (χ0v) is 12.0. The molecule has 0 atom stereocenters. The summed E-state index contributed by atoms with van der Waals surface area (Å²) in [7, 11) is -2.10. The van der Waals surface area contributed by atoms with Crippen molar-refractivity contribution in [2.24, 2.45) is 0 Å². The average molecular weight is 309 g/mol. The molecule has 1 saturated heterocycles. The van der Waals surface area contributed by atoms with Crippen molar-refractivity contribution in [1.82, 2.24) is 5.32 Å². The highest BCUT2D eigenvalue weighted by Gasteiger charge is 2.16. The number of imide groups is 1. The molecule has 0 radical (unpaired) electrons. The Balaban J connectivity index is 0.000000178. The van der Waals surface area contributed by atoms with Crippen LogP contribution in [-0.4, -0.2) is 30.2 Å². The van der Waals surface area contributed by atoms with E-state index in [1.807, 2.05) is 36.4 Å². The van der Waals surface area contributed by atoms with Crippen LogP contribution in [0.5, 0.6) is 0 Å². The van der Waals surface area contributed by atoms with Crippen LogP contribution in [0, 0.1) is 0 Å². The zero-order valence-electron chi connectivity index (χ0n) is 10.3. The fourth-order valence-electron chi connectivity index (χ4n) is 1.77. The number of hydrogen-bond acceptors (Lipinski definition) is 5. The molecule has 1 fully saturated rings. The second kappa shape index (κ2) is 6.53. The number of fused-ring (bicyclic) bond motifs is 1. The largest absolute Gasteiger partial charge is 0.286 e. The Hall–Kier alpha value is -1.86. The lowest BCUT2D eigenvalue weighted by Crippen LogP contribution is -2.18. The third kappa shape index (κ3) is 3.58. The molecule has 2 aliphatic rings. The SMILES string of the molecule is O=C1CSC(=O)N1.O=S(=O)=C1CC=Cc2ccccc21. The number of allylic oxidation sites excluding steroid dienone is 1. The Morgan fingerprint density at radius 3 is 2.45 bits per heavy atom. The number of rotatable bonds is 0.